The van der Waals surface area contributed by atoms with Crippen LogP contribution < -0.4 is 10.6 Å². The lowest BCUT2D eigenvalue weighted by molar-refractivity contribution is 0.0951. The monoisotopic (exact) mass is 290 g/mol. The highest BCUT2D eigenvalue weighted by Gasteiger charge is 2.09. The molecule has 0 fully saturated rings. The van der Waals surface area contributed by atoms with Crippen molar-refractivity contribution in [3.8, 4) is 0 Å². The molecule has 0 saturated heterocycles. The predicted octanol–water partition coefficient (Wildman–Crippen LogP) is 2.38. The second kappa shape index (κ2) is 6.47. The Morgan fingerprint density at radius 2 is 2.20 bits per heavy atom. The number of carbonyl (C=O) groups excluding carboxylic acids is 1. The van der Waals surface area contributed by atoms with Gasteiger partial charge >= 0.3 is 0 Å². The summed E-state index contributed by atoms with van der Waals surface area (Å²) in [7, 11) is 1.80. The van der Waals surface area contributed by atoms with Crippen LogP contribution in [0.4, 0.5) is 5.82 Å². The molecule has 2 aromatic rings. The second-order valence-electron chi connectivity index (χ2n) is 4.36. The highest BCUT2D eigenvalue weighted by molar-refractivity contribution is 7.11. The number of aromatic nitrogens is 2. The molecule has 0 aliphatic heterocycles. The molecule has 0 aliphatic rings. The zero-order valence-corrected chi connectivity index (χ0v) is 12.7. The molecule has 0 atom stereocenters. The Bertz CT molecular complexity index is 587. The van der Waals surface area contributed by atoms with Crippen LogP contribution in [-0.2, 0) is 13.0 Å². The van der Waals surface area contributed by atoms with Crippen molar-refractivity contribution in [3.05, 3.63) is 39.5 Å². The van der Waals surface area contributed by atoms with Gasteiger partial charge in [-0.15, -0.1) is 11.3 Å². The van der Waals surface area contributed by atoms with Crippen LogP contribution in [0.5, 0.6) is 0 Å². The molecule has 2 rings (SSSR count). The summed E-state index contributed by atoms with van der Waals surface area (Å²) >= 11 is 1.59. The zero-order valence-electron chi connectivity index (χ0n) is 11.9. The van der Waals surface area contributed by atoms with Gasteiger partial charge in [0, 0.05) is 29.4 Å². The fourth-order valence-electron chi connectivity index (χ4n) is 1.78. The van der Waals surface area contributed by atoms with Gasteiger partial charge in [0.25, 0.3) is 5.91 Å². The van der Waals surface area contributed by atoms with Gasteiger partial charge in [-0.3, -0.25) is 4.79 Å². The van der Waals surface area contributed by atoms with Crippen molar-refractivity contribution < 1.29 is 4.79 Å². The van der Waals surface area contributed by atoms with E-state index in [-0.39, 0.29) is 5.91 Å². The van der Waals surface area contributed by atoms with Crippen molar-refractivity contribution in [3.63, 3.8) is 0 Å². The summed E-state index contributed by atoms with van der Waals surface area (Å²) in [5.74, 6) is 0.618. The van der Waals surface area contributed by atoms with Gasteiger partial charge in [-0.25, -0.2) is 9.97 Å². The van der Waals surface area contributed by atoms with Crippen molar-refractivity contribution in [2.24, 2.45) is 0 Å². The third-order valence-corrected chi connectivity index (χ3v) is 3.76. The Balaban J connectivity index is 2.08. The summed E-state index contributed by atoms with van der Waals surface area (Å²) in [4.78, 5) is 21.8. The maximum atomic E-state index is 12.2. The minimum Gasteiger partial charge on any atom is -0.373 e. The summed E-state index contributed by atoms with van der Waals surface area (Å²) in [6.07, 6.45) is 2.59. The van der Waals surface area contributed by atoms with E-state index in [4.69, 9.17) is 0 Å². The third kappa shape index (κ3) is 3.54. The molecule has 2 heterocycles. The summed E-state index contributed by atoms with van der Waals surface area (Å²) in [6, 6.07) is 3.58. The number of hydrogen-bond acceptors (Lipinski definition) is 5. The molecule has 0 saturated carbocycles. The smallest absolute Gasteiger partial charge is 0.251 e. The zero-order chi connectivity index (χ0) is 14.5. The van der Waals surface area contributed by atoms with Gasteiger partial charge in [0.05, 0.1) is 11.6 Å². The molecule has 2 N–H and O–H groups in total. The van der Waals surface area contributed by atoms with Gasteiger partial charge in [-0.1, -0.05) is 6.92 Å². The Morgan fingerprint density at radius 1 is 1.40 bits per heavy atom. The summed E-state index contributed by atoms with van der Waals surface area (Å²) < 4.78 is 0. The fraction of sp³-hybridized carbons (Fsp3) is 0.357. The summed E-state index contributed by atoms with van der Waals surface area (Å²) in [6.45, 7) is 4.47. The Morgan fingerprint density at radius 3 is 2.80 bits per heavy atom. The molecule has 20 heavy (non-hydrogen) atoms. The minimum absolute atomic E-state index is 0.0929. The number of amides is 1. The SMILES string of the molecule is CCc1cc(C(=O)NCc2cnc(C)s2)cc(NC)n1. The Kier molecular flexibility index (Phi) is 4.68. The van der Waals surface area contributed by atoms with Crippen LogP contribution >= 0.6 is 11.3 Å². The molecule has 0 spiro atoms. The highest BCUT2D eigenvalue weighted by Crippen LogP contribution is 2.13. The normalized spacial score (nSPS) is 10.3. The van der Waals surface area contributed by atoms with Gasteiger partial charge in [0.15, 0.2) is 0 Å². The van der Waals surface area contributed by atoms with Crippen LogP contribution in [0.1, 0.15) is 32.9 Å². The first kappa shape index (κ1) is 14.5. The average Bonchev–Trinajstić information content (AvgIpc) is 2.89. The average molecular weight is 290 g/mol. The lowest BCUT2D eigenvalue weighted by Gasteiger charge is -2.08. The van der Waals surface area contributed by atoms with Gasteiger partial charge < -0.3 is 10.6 Å². The topological polar surface area (TPSA) is 66.9 Å². The van der Waals surface area contributed by atoms with Gasteiger partial charge in [-0.2, -0.15) is 0 Å². The Hall–Kier alpha value is -1.95. The fourth-order valence-corrected chi connectivity index (χ4v) is 2.52. The lowest BCUT2D eigenvalue weighted by Crippen LogP contribution is -2.22. The number of rotatable bonds is 5. The van der Waals surface area contributed by atoms with E-state index < -0.39 is 0 Å². The van der Waals surface area contributed by atoms with Crippen molar-refractivity contribution in [2.45, 2.75) is 26.8 Å². The van der Waals surface area contributed by atoms with E-state index in [0.717, 1.165) is 22.0 Å². The van der Waals surface area contributed by atoms with Gasteiger partial charge in [-0.05, 0) is 25.5 Å². The lowest BCUT2D eigenvalue weighted by atomic mass is 10.2. The third-order valence-electron chi connectivity index (χ3n) is 2.85. The molecule has 1 amide bonds. The first-order valence-corrected chi connectivity index (χ1v) is 7.32. The molecular formula is C14H18N4OS. The number of thiazole rings is 1. The van der Waals surface area contributed by atoms with E-state index in [1.165, 1.54) is 0 Å². The quantitative estimate of drug-likeness (QED) is 0.887. The number of nitrogens with one attached hydrogen (secondary N) is 2. The van der Waals surface area contributed by atoms with Crippen molar-refractivity contribution in [1.82, 2.24) is 15.3 Å². The molecule has 6 heteroatoms. The van der Waals surface area contributed by atoms with E-state index in [0.29, 0.717) is 17.9 Å². The first-order chi connectivity index (χ1) is 9.62. The van der Waals surface area contributed by atoms with E-state index in [2.05, 4.69) is 20.6 Å². The summed E-state index contributed by atoms with van der Waals surface area (Å²) in [5.41, 5.74) is 1.53. The molecular weight excluding hydrogens is 272 g/mol. The van der Waals surface area contributed by atoms with Crippen molar-refractivity contribution in [2.75, 3.05) is 12.4 Å². The standard InChI is InChI=1S/C14H18N4OS/c1-4-11-5-10(6-13(15-3)18-11)14(19)17-8-12-7-16-9(2)20-12/h5-7H,4,8H2,1-3H3,(H,15,18)(H,17,19). The van der Waals surface area contributed by atoms with Crippen LogP contribution in [-0.4, -0.2) is 22.9 Å². The number of aryl methyl sites for hydroxylation is 2. The minimum atomic E-state index is -0.0929. The number of pyridine rings is 1. The maximum absolute atomic E-state index is 12.2. The highest BCUT2D eigenvalue weighted by atomic mass is 32.1. The molecule has 5 nitrogen and oxygen atoms in total. The largest absolute Gasteiger partial charge is 0.373 e. The summed E-state index contributed by atoms with van der Waals surface area (Å²) in [5, 5.41) is 6.89. The maximum Gasteiger partial charge on any atom is 0.251 e. The van der Waals surface area contributed by atoms with E-state index in [1.54, 1.807) is 30.6 Å². The van der Waals surface area contributed by atoms with Gasteiger partial charge in [0.2, 0.25) is 0 Å². The van der Waals surface area contributed by atoms with Crippen molar-refractivity contribution in [1.29, 1.82) is 0 Å². The molecule has 2 aromatic heterocycles. The number of anilines is 1. The van der Waals surface area contributed by atoms with Crippen LogP contribution in [0.2, 0.25) is 0 Å². The van der Waals surface area contributed by atoms with Crippen molar-refractivity contribution >= 4 is 23.1 Å². The molecule has 0 aromatic carbocycles. The van der Waals surface area contributed by atoms with E-state index in [9.17, 15) is 4.79 Å². The van der Waals surface area contributed by atoms with E-state index in [1.807, 2.05) is 19.9 Å². The molecule has 106 valence electrons. The molecule has 0 unspecified atom stereocenters. The molecule has 0 bridgehead atoms. The van der Waals surface area contributed by atoms with Crippen LogP contribution in [0.25, 0.3) is 0 Å². The number of carbonyl (C=O) groups is 1. The molecule has 0 aliphatic carbocycles. The first-order valence-electron chi connectivity index (χ1n) is 6.50. The van der Waals surface area contributed by atoms with Crippen LogP contribution in [0.3, 0.4) is 0 Å². The van der Waals surface area contributed by atoms with Crippen LogP contribution in [0.15, 0.2) is 18.3 Å². The van der Waals surface area contributed by atoms with Crippen LogP contribution in [0, 0.1) is 6.92 Å². The second-order valence-corrected chi connectivity index (χ2v) is 5.68. The Labute approximate surface area is 122 Å². The predicted molar refractivity (Wildman–Crippen MR) is 81.2 cm³/mol. The van der Waals surface area contributed by atoms with E-state index >= 15 is 0 Å². The van der Waals surface area contributed by atoms with Gasteiger partial charge in [0.1, 0.15) is 5.82 Å². The number of nitrogens with zero attached hydrogens (tertiary/aromatic N) is 2. The molecule has 0 radical (unpaired) electrons. The number of hydrogen-bond donors (Lipinski definition) is 2.